The first-order valence-corrected chi connectivity index (χ1v) is 5.38. The molecule has 0 aromatic rings. The van der Waals surface area contributed by atoms with E-state index in [1.54, 1.807) is 0 Å². The zero-order valence-electron chi connectivity index (χ0n) is 8.54. The zero-order chi connectivity index (χ0) is 10.4. The summed E-state index contributed by atoms with van der Waals surface area (Å²) in [6, 6.07) is -0.398. The van der Waals surface area contributed by atoms with E-state index in [2.05, 4.69) is 5.32 Å². The molecule has 1 unspecified atom stereocenters. The molecular weight excluding hydrogens is 180 g/mol. The third-order valence-corrected chi connectivity index (χ3v) is 2.81. The number of aliphatic hydroxyl groups excluding tert-OH is 1. The molecule has 1 saturated carbocycles. The number of nitrogens with one attached hydrogen (secondary N) is 1. The van der Waals surface area contributed by atoms with Gasteiger partial charge in [0.25, 0.3) is 0 Å². The average molecular weight is 200 g/mol. The van der Waals surface area contributed by atoms with Crippen LogP contribution < -0.4 is 11.1 Å². The van der Waals surface area contributed by atoms with Gasteiger partial charge in [0.05, 0.1) is 12.6 Å². The maximum absolute atomic E-state index is 11.3. The normalized spacial score (nSPS) is 19.6. The van der Waals surface area contributed by atoms with Crippen LogP contribution in [-0.2, 0) is 4.79 Å². The third kappa shape index (κ3) is 3.64. The van der Waals surface area contributed by atoms with Crippen molar-refractivity contribution in [3.63, 3.8) is 0 Å². The van der Waals surface area contributed by atoms with Crippen molar-refractivity contribution in [2.45, 2.75) is 38.1 Å². The molecule has 1 rings (SSSR count). The molecule has 4 heteroatoms. The van der Waals surface area contributed by atoms with Gasteiger partial charge in [-0.3, -0.25) is 4.79 Å². The summed E-state index contributed by atoms with van der Waals surface area (Å²) in [7, 11) is 0. The van der Waals surface area contributed by atoms with Crippen molar-refractivity contribution in [1.29, 1.82) is 0 Å². The lowest BCUT2D eigenvalue weighted by atomic mass is 9.98. The van der Waals surface area contributed by atoms with Gasteiger partial charge in [0.1, 0.15) is 0 Å². The first-order chi connectivity index (χ1) is 6.74. The molecule has 0 aromatic carbocycles. The number of hydrogen-bond acceptors (Lipinski definition) is 3. The summed E-state index contributed by atoms with van der Waals surface area (Å²) >= 11 is 0. The first kappa shape index (κ1) is 11.5. The Morgan fingerprint density at radius 3 is 2.71 bits per heavy atom. The molecular formula is C10H20N2O2. The fourth-order valence-electron chi connectivity index (χ4n) is 2.02. The van der Waals surface area contributed by atoms with Crippen LogP contribution in [0.1, 0.15) is 32.1 Å². The molecule has 4 N–H and O–H groups in total. The van der Waals surface area contributed by atoms with Crippen molar-refractivity contribution in [1.82, 2.24) is 5.32 Å². The summed E-state index contributed by atoms with van der Waals surface area (Å²) < 4.78 is 0. The number of amides is 1. The molecule has 1 amide bonds. The molecule has 1 aliphatic carbocycles. The molecule has 4 nitrogen and oxygen atoms in total. The molecule has 1 atom stereocenters. The van der Waals surface area contributed by atoms with Crippen LogP contribution in [0.15, 0.2) is 0 Å². The Balaban J connectivity index is 2.18. The lowest BCUT2D eigenvalue weighted by molar-refractivity contribution is -0.122. The largest absolute Gasteiger partial charge is 0.395 e. The molecule has 0 heterocycles. The SMILES string of the molecule is NC(CC1CCCC1)C(=O)NCCO. The van der Waals surface area contributed by atoms with Gasteiger partial charge in [0, 0.05) is 6.54 Å². The van der Waals surface area contributed by atoms with Gasteiger partial charge in [-0.25, -0.2) is 0 Å². The Morgan fingerprint density at radius 1 is 1.50 bits per heavy atom. The molecule has 0 aliphatic heterocycles. The molecule has 82 valence electrons. The summed E-state index contributed by atoms with van der Waals surface area (Å²) in [5.41, 5.74) is 5.74. The second kappa shape index (κ2) is 5.98. The maximum atomic E-state index is 11.3. The minimum atomic E-state index is -0.398. The predicted octanol–water partition coefficient (Wildman–Crippen LogP) is 0.00250. The topological polar surface area (TPSA) is 75.4 Å². The van der Waals surface area contributed by atoms with Gasteiger partial charge in [-0.15, -0.1) is 0 Å². The van der Waals surface area contributed by atoms with E-state index in [0.717, 1.165) is 6.42 Å². The second-order valence-corrected chi connectivity index (χ2v) is 4.01. The Morgan fingerprint density at radius 2 is 2.14 bits per heavy atom. The Kier molecular flexibility index (Phi) is 4.90. The third-order valence-electron chi connectivity index (χ3n) is 2.81. The van der Waals surface area contributed by atoms with E-state index in [0.29, 0.717) is 12.5 Å². The van der Waals surface area contributed by atoms with Gasteiger partial charge in [0.15, 0.2) is 0 Å². The molecule has 0 aromatic heterocycles. The standard InChI is InChI=1S/C10H20N2O2/c11-9(10(14)12-5-6-13)7-8-3-1-2-4-8/h8-9,13H,1-7,11H2,(H,12,14). The van der Waals surface area contributed by atoms with E-state index in [1.807, 2.05) is 0 Å². The highest BCUT2D eigenvalue weighted by Gasteiger charge is 2.21. The minimum Gasteiger partial charge on any atom is -0.395 e. The Bertz CT molecular complexity index is 179. The van der Waals surface area contributed by atoms with E-state index in [1.165, 1.54) is 25.7 Å². The highest BCUT2D eigenvalue weighted by atomic mass is 16.3. The van der Waals surface area contributed by atoms with Gasteiger partial charge in [0.2, 0.25) is 5.91 Å². The summed E-state index contributed by atoms with van der Waals surface area (Å²) in [4.78, 5) is 11.3. The number of aliphatic hydroxyl groups is 1. The van der Waals surface area contributed by atoms with E-state index < -0.39 is 6.04 Å². The summed E-state index contributed by atoms with van der Waals surface area (Å²) in [6.07, 6.45) is 5.75. The summed E-state index contributed by atoms with van der Waals surface area (Å²) in [5, 5.41) is 11.1. The van der Waals surface area contributed by atoms with Crippen molar-refractivity contribution in [3.05, 3.63) is 0 Å². The number of hydrogen-bond donors (Lipinski definition) is 3. The maximum Gasteiger partial charge on any atom is 0.237 e. The molecule has 1 aliphatic rings. The predicted molar refractivity (Wildman–Crippen MR) is 54.6 cm³/mol. The summed E-state index contributed by atoms with van der Waals surface area (Å²) in [5.74, 6) is 0.496. The van der Waals surface area contributed by atoms with Crippen LogP contribution in [0.25, 0.3) is 0 Å². The van der Waals surface area contributed by atoms with E-state index >= 15 is 0 Å². The van der Waals surface area contributed by atoms with Crippen molar-refractivity contribution in [2.24, 2.45) is 11.7 Å². The highest BCUT2D eigenvalue weighted by molar-refractivity contribution is 5.81. The number of carbonyl (C=O) groups excluding carboxylic acids is 1. The zero-order valence-corrected chi connectivity index (χ0v) is 8.54. The first-order valence-electron chi connectivity index (χ1n) is 5.38. The van der Waals surface area contributed by atoms with Gasteiger partial charge in [-0.1, -0.05) is 25.7 Å². The van der Waals surface area contributed by atoms with Crippen molar-refractivity contribution in [3.8, 4) is 0 Å². The molecule has 0 saturated heterocycles. The van der Waals surface area contributed by atoms with Crippen LogP contribution in [0.2, 0.25) is 0 Å². The van der Waals surface area contributed by atoms with Gasteiger partial charge >= 0.3 is 0 Å². The quantitative estimate of drug-likeness (QED) is 0.585. The van der Waals surface area contributed by atoms with Crippen LogP contribution in [0.5, 0.6) is 0 Å². The second-order valence-electron chi connectivity index (χ2n) is 4.01. The number of nitrogens with two attached hydrogens (primary N) is 1. The fraction of sp³-hybridized carbons (Fsp3) is 0.900. The van der Waals surface area contributed by atoms with Crippen molar-refractivity contribution >= 4 is 5.91 Å². The van der Waals surface area contributed by atoms with E-state index in [-0.39, 0.29) is 12.5 Å². The monoisotopic (exact) mass is 200 g/mol. The smallest absolute Gasteiger partial charge is 0.237 e. The lowest BCUT2D eigenvalue weighted by Gasteiger charge is -2.15. The molecule has 0 spiro atoms. The fourth-order valence-corrected chi connectivity index (χ4v) is 2.02. The van der Waals surface area contributed by atoms with Crippen LogP contribution in [0.4, 0.5) is 0 Å². The highest BCUT2D eigenvalue weighted by Crippen LogP contribution is 2.28. The van der Waals surface area contributed by atoms with Crippen LogP contribution >= 0.6 is 0 Å². The molecule has 1 fully saturated rings. The lowest BCUT2D eigenvalue weighted by Crippen LogP contribution is -2.42. The van der Waals surface area contributed by atoms with Crippen LogP contribution in [0, 0.1) is 5.92 Å². The van der Waals surface area contributed by atoms with E-state index in [9.17, 15) is 4.79 Å². The van der Waals surface area contributed by atoms with Gasteiger partial charge in [-0.05, 0) is 12.3 Å². The van der Waals surface area contributed by atoms with Gasteiger partial charge < -0.3 is 16.2 Å². The van der Waals surface area contributed by atoms with Crippen LogP contribution in [0.3, 0.4) is 0 Å². The Hall–Kier alpha value is -0.610. The van der Waals surface area contributed by atoms with Gasteiger partial charge in [-0.2, -0.15) is 0 Å². The minimum absolute atomic E-state index is 0.0259. The average Bonchev–Trinajstić information content (AvgIpc) is 2.66. The molecule has 0 bridgehead atoms. The van der Waals surface area contributed by atoms with E-state index in [4.69, 9.17) is 10.8 Å². The molecule has 0 radical (unpaired) electrons. The Labute approximate surface area is 84.9 Å². The number of rotatable bonds is 5. The summed E-state index contributed by atoms with van der Waals surface area (Å²) in [6.45, 7) is 0.277. The molecule has 14 heavy (non-hydrogen) atoms. The van der Waals surface area contributed by atoms with Crippen molar-refractivity contribution < 1.29 is 9.90 Å². The van der Waals surface area contributed by atoms with Crippen LogP contribution in [-0.4, -0.2) is 30.2 Å². The number of carbonyl (C=O) groups is 1. The van der Waals surface area contributed by atoms with Crippen molar-refractivity contribution in [2.75, 3.05) is 13.2 Å².